The SMILES string of the molecule is OC(C1=CCCCO1)c1cncs1. The van der Waals surface area contributed by atoms with E-state index in [0.29, 0.717) is 12.4 Å². The van der Waals surface area contributed by atoms with Crippen LogP contribution in [0.4, 0.5) is 0 Å². The molecule has 1 atom stereocenters. The molecule has 0 saturated carbocycles. The first-order chi connectivity index (χ1) is 6.38. The maximum absolute atomic E-state index is 9.81. The summed E-state index contributed by atoms with van der Waals surface area (Å²) >= 11 is 1.44. The molecule has 70 valence electrons. The molecule has 2 heterocycles. The van der Waals surface area contributed by atoms with Gasteiger partial charge in [0, 0.05) is 6.20 Å². The maximum atomic E-state index is 9.81. The molecule has 4 heteroatoms. The highest BCUT2D eigenvalue weighted by atomic mass is 32.1. The lowest BCUT2D eigenvalue weighted by atomic mass is 10.1. The van der Waals surface area contributed by atoms with Crippen molar-refractivity contribution in [2.45, 2.75) is 18.9 Å². The lowest BCUT2D eigenvalue weighted by Gasteiger charge is -2.18. The van der Waals surface area contributed by atoms with Crippen LogP contribution in [0.3, 0.4) is 0 Å². The zero-order valence-electron chi connectivity index (χ0n) is 7.14. The second-order valence-electron chi connectivity index (χ2n) is 2.90. The fourth-order valence-corrected chi connectivity index (χ4v) is 1.88. The molecular formula is C9H11NO2S. The number of aromatic nitrogens is 1. The van der Waals surface area contributed by atoms with Crippen LogP contribution in [0.2, 0.25) is 0 Å². The number of aliphatic hydroxyl groups excluding tert-OH is 1. The summed E-state index contributed by atoms with van der Waals surface area (Å²) in [6.07, 6.45) is 5.04. The van der Waals surface area contributed by atoms with Crippen molar-refractivity contribution in [3.63, 3.8) is 0 Å². The number of aliphatic hydroxyl groups is 1. The zero-order chi connectivity index (χ0) is 9.10. The van der Waals surface area contributed by atoms with Crippen LogP contribution in [-0.2, 0) is 4.74 Å². The van der Waals surface area contributed by atoms with Gasteiger partial charge in [-0.25, -0.2) is 0 Å². The van der Waals surface area contributed by atoms with Crippen molar-refractivity contribution in [1.29, 1.82) is 0 Å². The fourth-order valence-electron chi connectivity index (χ4n) is 1.27. The monoisotopic (exact) mass is 197 g/mol. The Balaban J connectivity index is 2.12. The van der Waals surface area contributed by atoms with Crippen LogP contribution in [-0.4, -0.2) is 16.7 Å². The van der Waals surface area contributed by atoms with E-state index in [1.54, 1.807) is 11.7 Å². The smallest absolute Gasteiger partial charge is 0.146 e. The molecule has 13 heavy (non-hydrogen) atoms. The minimum atomic E-state index is -0.618. The van der Waals surface area contributed by atoms with Gasteiger partial charge in [0.05, 0.1) is 17.0 Å². The molecule has 0 aromatic carbocycles. The molecule has 1 N–H and O–H groups in total. The lowest BCUT2D eigenvalue weighted by Crippen LogP contribution is -2.08. The standard InChI is InChI=1S/C9H11NO2S/c11-9(8-5-10-6-13-8)7-3-1-2-4-12-7/h3,5-6,9,11H,1-2,4H2. The average Bonchev–Trinajstić information content (AvgIpc) is 2.71. The second-order valence-corrected chi connectivity index (χ2v) is 3.82. The Labute approximate surface area is 80.7 Å². The Hall–Kier alpha value is -0.870. The summed E-state index contributed by atoms with van der Waals surface area (Å²) < 4.78 is 5.35. The Morgan fingerprint density at radius 2 is 2.54 bits per heavy atom. The minimum absolute atomic E-state index is 0.618. The number of hydrogen-bond acceptors (Lipinski definition) is 4. The first kappa shape index (κ1) is 8.72. The number of rotatable bonds is 2. The van der Waals surface area contributed by atoms with E-state index in [4.69, 9.17) is 4.74 Å². The summed E-state index contributed by atoms with van der Waals surface area (Å²) in [7, 11) is 0. The van der Waals surface area contributed by atoms with Crippen molar-refractivity contribution in [1.82, 2.24) is 4.98 Å². The number of thiazole rings is 1. The van der Waals surface area contributed by atoms with Crippen molar-refractivity contribution in [3.8, 4) is 0 Å². The molecular weight excluding hydrogens is 186 g/mol. The molecule has 0 fully saturated rings. The Kier molecular flexibility index (Phi) is 2.61. The molecule has 0 saturated heterocycles. The topological polar surface area (TPSA) is 42.4 Å². The summed E-state index contributed by atoms with van der Waals surface area (Å²) in [6, 6.07) is 0. The Morgan fingerprint density at radius 3 is 3.15 bits per heavy atom. The van der Waals surface area contributed by atoms with Crippen LogP contribution in [0.25, 0.3) is 0 Å². The van der Waals surface area contributed by atoms with Crippen LogP contribution in [0.15, 0.2) is 23.5 Å². The minimum Gasteiger partial charge on any atom is -0.495 e. The second kappa shape index (κ2) is 3.89. The third-order valence-electron chi connectivity index (χ3n) is 1.95. The van der Waals surface area contributed by atoms with Crippen LogP contribution in [0.5, 0.6) is 0 Å². The number of allylic oxidation sites excluding steroid dienone is 1. The number of ether oxygens (including phenoxy) is 1. The molecule has 0 amide bonds. The highest BCUT2D eigenvalue weighted by Crippen LogP contribution is 2.27. The molecule has 0 radical (unpaired) electrons. The lowest BCUT2D eigenvalue weighted by molar-refractivity contribution is 0.0936. The molecule has 3 nitrogen and oxygen atoms in total. The van der Waals surface area contributed by atoms with E-state index in [1.165, 1.54) is 11.3 Å². The number of hydrogen-bond donors (Lipinski definition) is 1. The van der Waals surface area contributed by atoms with E-state index in [1.807, 2.05) is 6.08 Å². The Morgan fingerprint density at radius 1 is 1.62 bits per heavy atom. The summed E-state index contributed by atoms with van der Waals surface area (Å²) in [4.78, 5) is 4.75. The fraction of sp³-hybridized carbons (Fsp3) is 0.444. The predicted molar refractivity (Wildman–Crippen MR) is 50.3 cm³/mol. The molecule has 1 aromatic heterocycles. The normalized spacial score (nSPS) is 19.0. The molecule has 1 aliphatic rings. The highest BCUT2D eigenvalue weighted by molar-refractivity contribution is 7.09. The molecule has 0 spiro atoms. The van der Waals surface area contributed by atoms with Gasteiger partial charge in [-0.2, -0.15) is 0 Å². The van der Waals surface area contributed by atoms with E-state index >= 15 is 0 Å². The third-order valence-corrected chi connectivity index (χ3v) is 2.78. The van der Waals surface area contributed by atoms with Crippen LogP contribution in [0, 0.1) is 0 Å². The van der Waals surface area contributed by atoms with Crippen LogP contribution < -0.4 is 0 Å². The molecule has 1 unspecified atom stereocenters. The summed E-state index contributed by atoms with van der Waals surface area (Å²) in [5, 5.41) is 9.81. The predicted octanol–water partition coefficient (Wildman–Crippen LogP) is 1.87. The van der Waals surface area contributed by atoms with Crippen molar-refractivity contribution in [3.05, 3.63) is 28.4 Å². The molecule has 2 rings (SSSR count). The quantitative estimate of drug-likeness (QED) is 0.787. The third kappa shape index (κ3) is 1.89. The number of nitrogens with zero attached hydrogens (tertiary/aromatic N) is 1. The van der Waals surface area contributed by atoms with E-state index in [0.717, 1.165) is 17.7 Å². The van der Waals surface area contributed by atoms with Crippen molar-refractivity contribution >= 4 is 11.3 Å². The van der Waals surface area contributed by atoms with Gasteiger partial charge in [-0.15, -0.1) is 11.3 Å². The van der Waals surface area contributed by atoms with Crippen molar-refractivity contribution in [2.75, 3.05) is 6.61 Å². The van der Waals surface area contributed by atoms with Crippen molar-refractivity contribution in [2.24, 2.45) is 0 Å². The average molecular weight is 197 g/mol. The van der Waals surface area contributed by atoms with Gasteiger partial charge in [0.2, 0.25) is 0 Å². The van der Waals surface area contributed by atoms with Gasteiger partial charge in [-0.3, -0.25) is 4.98 Å². The maximum Gasteiger partial charge on any atom is 0.146 e. The van der Waals surface area contributed by atoms with Gasteiger partial charge in [0.15, 0.2) is 0 Å². The molecule has 1 aliphatic heterocycles. The summed E-state index contributed by atoms with van der Waals surface area (Å²) in [5.41, 5.74) is 1.71. The van der Waals surface area contributed by atoms with E-state index < -0.39 is 6.10 Å². The van der Waals surface area contributed by atoms with Gasteiger partial charge in [-0.1, -0.05) is 0 Å². The van der Waals surface area contributed by atoms with Crippen molar-refractivity contribution < 1.29 is 9.84 Å². The van der Waals surface area contributed by atoms with Crippen LogP contribution in [0.1, 0.15) is 23.8 Å². The Bertz CT molecular complexity index is 295. The molecule has 0 aliphatic carbocycles. The highest BCUT2D eigenvalue weighted by Gasteiger charge is 2.17. The van der Waals surface area contributed by atoms with E-state index in [2.05, 4.69) is 4.98 Å². The molecule has 1 aromatic rings. The zero-order valence-corrected chi connectivity index (χ0v) is 7.96. The van der Waals surface area contributed by atoms with Gasteiger partial charge < -0.3 is 9.84 Å². The summed E-state index contributed by atoms with van der Waals surface area (Å²) in [5.74, 6) is 0.676. The van der Waals surface area contributed by atoms with Gasteiger partial charge in [0.1, 0.15) is 11.9 Å². The molecule has 0 bridgehead atoms. The van der Waals surface area contributed by atoms with Gasteiger partial charge in [0.25, 0.3) is 0 Å². The summed E-state index contributed by atoms with van der Waals surface area (Å²) in [6.45, 7) is 0.710. The van der Waals surface area contributed by atoms with E-state index in [-0.39, 0.29) is 0 Å². The van der Waals surface area contributed by atoms with Crippen LogP contribution >= 0.6 is 11.3 Å². The van der Waals surface area contributed by atoms with Gasteiger partial charge >= 0.3 is 0 Å². The first-order valence-electron chi connectivity index (χ1n) is 4.27. The largest absolute Gasteiger partial charge is 0.495 e. The van der Waals surface area contributed by atoms with Gasteiger partial charge in [-0.05, 0) is 18.9 Å². The van der Waals surface area contributed by atoms with E-state index in [9.17, 15) is 5.11 Å². The first-order valence-corrected chi connectivity index (χ1v) is 5.15.